The summed E-state index contributed by atoms with van der Waals surface area (Å²) in [7, 11) is 1.38. The molecule has 0 radical (unpaired) electrons. The first-order valence-electron chi connectivity index (χ1n) is 5.10. The van der Waals surface area contributed by atoms with Gasteiger partial charge in [-0.3, -0.25) is 4.79 Å². The number of methoxy groups -OCH3 is 1. The van der Waals surface area contributed by atoms with E-state index in [0.717, 1.165) is 10.8 Å². The van der Waals surface area contributed by atoms with E-state index in [0.29, 0.717) is 0 Å². The topological polar surface area (TPSA) is 42.4 Å². The minimum atomic E-state index is -0.288. The van der Waals surface area contributed by atoms with Gasteiger partial charge in [0.25, 0.3) is 0 Å². The molecule has 0 atom stereocenters. The number of hydrogen-bond donors (Lipinski definition) is 0. The molecule has 2 rings (SSSR count). The van der Waals surface area contributed by atoms with E-state index in [4.69, 9.17) is 4.74 Å². The van der Waals surface area contributed by atoms with Crippen LogP contribution in [0.5, 0.6) is 0 Å². The van der Waals surface area contributed by atoms with Crippen LogP contribution in [-0.4, -0.2) is 24.6 Å². The Kier molecular flexibility index (Phi) is 3.72. The van der Waals surface area contributed by atoms with Gasteiger partial charge in [0.15, 0.2) is 5.13 Å². The van der Waals surface area contributed by atoms with E-state index in [1.54, 1.807) is 6.20 Å². The first kappa shape index (κ1) is 11.6. The van der Waals surface area contributed by atoms with Crippen LogP contribution in [-0.2, 0) is 9.53 Å². The standard InChI is InChI=1S/C12H12N2O2S/c1-16-11(15)9-14(12-13-7-8-17-12)10-5-3-2-4-6-10/h2-8H,9H2,1H3. The number of thiazole rings is 1. The number of esters is 1. The molecular formula is C12H12N2O2S. The average Bonchev–Trinajstić information content (AvgIpc) is 2.90. The van der Waals surface area contributed by atoms with Crippen LogP contribution in [0.25, 0.3) is 0 Å². The number of para-hydroxylation sites is 1. The summed E-state index contributed by atoms with van der Waals surface area (Å²) in [6, 6.07) is 9.65. The van der Waals surface area contributed by atoms with Crippen LogP contribution in [0.15, 0.2) is 41.9 Å². The lowest BCUT2D eigenvalue weighted by Gasteiger charge is -2.20. The van der Waals surface area contributed by atoms with Crippen molar-refractivity contribution in [3.8, 4) is 0 Å². The zero-order valence-corrected chi connectivity index (χ0v) is 10.2. The number of nitrogens with zero attached hydrogens (tertiary/aromatic N) is 2. The maximum Gasteiger partial charge on any atom is 0.325 e. The lowest BCUT2D eigenvalue weighted by atomic mass is 10.3. The number of carbonyl (C=O) groups excluding carboxylic acids is 1. The predicted molar refractivity (Wildman–Crippen MR) is 67.6 cm³/mol. The molecule has 0 unspecified atom stereocenters. The Morgan fingerprint density at radius 1 is 1.41 bits per heavy atom. The molecule has 5 heteroatoms. The van der Waals surface area contributed by atoms with Gasteiger partial charge in [-0.2, -0.15) is 0 Å². The Morgan fingerprint density at radius 2 is 2.18 bits per heavy atom. The van der Waals surface area contributed by atoms with Crippen LogP contribution in [0.4, 0.5) is 10.8 Å². The summed E-state index contributed by atoms with van der Waals surface area (Å²) in [5.41, 5.74) is 0.924. The highest BCUT2D eigenvalue weighted by Crippen LogP contribution is 2.26. The SMILES string of the molecule is COC(=O)CN(c1ccccc1)c1nccs1. The summed E-state index contributed by atoms with van der Waals surface area (Å²) in [6.45, 7) is 0.161. The van der Waals surface area contributed by atoms with Crippen LogP contribution in [0.2, 0.25) is 0 Å². The predicted octanol–water partition coefficient (Wildman–Crippen LogP) is 2.45. The zero-order valence-electron chi connectivity index (χ0n) is 9.37. The summed E-state index contributed by atoms with van der Waals surface area (Å²) in [6.07, 6.45) is 1.72. The molecule has 2 aromatic rings. The van der Waals surface area contributed by atoms with Gasteiger partial charge >= 0.3 is 5.97 Å². The number of ether oxygens (including phenoxy) is 1. The van der Waals surface area contributed by atoms with Gasteiger partial charge in [-0.25, -0.2) is 4.98 Å². The number of rotatable bonds is 4. The smallest absolute Gasteiger partial charge is 0.325 e. The fourth-order valence-corrected chi connectivity index (χ4v) is 2.08. The van der Waals surface area contributed by atoms with Crippen molar-refractivity contribution in [3.63, 3.8) is 0 Å². The van der Waals surface area contributed by atoms with Crippen molar-refractivity contribution < 1.29 is 9.53 Å². The molecule has 0 saturated heterocycles. The van der Waals surface area contributed by atoms with Crippen LogP contribution >= 0.6 is 11.3 Å². The number of carbonyl (C=O) groups is 1. The Bertz CT molecular complexity index is 471. The maximum atomic E-state index is 11.4. The van der Waals surface area contributed by atoms with E-state index in [1.807, 2.05) is 40.6 Å². The van der Waals surface area contributed by atoms with E-state index < -0.39 is 0 Å². The largest absolute Gasteiger partial charge is 0.468 e. The fraction of sp³-hybridized carbons (Fsp3) is 0.167. The molecular weight excluding hydrogens is 236 g/mol. The monoisotopic (exact) mass is 248 g/mol. The average molecular weight is 248 g/mol. The quantitative estimate of drug-likeness (QED) is 0.779. The third-order valence-corrected chi connectivity index (χ3v) is 3.03. The van der Waals surface area contributed by atoms with Crippen molar-refractivity contribution in [1.82, 2.24) is 4.98 Å². The van der Waals surface area contributed by atoms with Gasteiger partial charge in [-0.05, 0) is 12.1 Å². The molecule has 0 amide bonds. The Morgan fingerprint density at radius 3 is 2.76 bits per heavy atom. The highest BCUT2D eigenvalue weighted by Gasteiger charge is 2.15. The van der Waals surface area contributed by atoms with Gasteiger partial charge in [0, 0.05) is 17.3 Å². The highest BCUT2D eigenvalue weighted by molar-refractivity contribution is 7.13. The second-order valence-corrected chi connectivity index (χ2v) is 4.19. The van der Waals surface area contributed by atoms with Gasteiger partial charge in [0.1, 0.15) is 6.54 Å². The van der Waals surface area contributed by atoms with Gasteiger partial charge in [0.2, 0.25) is 0 Å². The number of benzene rings is 1. The molecule has 0 spiro atoms. The summed E-state index contributed by atoms with van der Waals surface area (Å²) < 4.78 is 4.70. The van der Waals surface area contributed by atoms with Gasteiger partial charge < -0.3 is 9.64 Å². The van der Waals surface area contributed by atoms with E-state index in [2.05, 4.69) is 4.98 Å². The molecule has 1 heterocycles. The summed E-state index contributed by atoms with van der Waals surface area (Å²) >= 11 is 1.49. The zero-order chi connectivity index (χ0) is 12.1. The van der Waals surface area contributed by atoms with Crippen molar-refractivity contribution in [2.24, 2.45) is 0 Å². The lowest BCUT2D eigenvalue weighted by molar-refractivity contribution is -0.138. The number of hydrogen-bond acceptors (Lipinski definition) is 5. The third kappa shape index (κ3) is 2.82. The van der Waals surface area contributed by atoms with Crippen molar-refractivity contribution in [2.45, 2.75) is 0 Å². The minimum absolute atomic E-state index is 0.161. The number of anilines is 2. The van der Waals surface area contributed by atoms with E-state index in [9.17, 15) is 4.79 Å². The van der Waals surface area contributed by atoms with Crippen molar-refractivity contribution in [1.29, 1.82) is 0 Å². The molecule has 0 saturated carbocycles. The minimum Gasteiger partial charge on any atom is -0.468 e. The highest BCUT2D eigenvalue weighted by atomic mass is 32.1. The molecule has 0 fully saturated rings. The molecule has 4 nitrogen and oxygen atoms in total. The van der Waals surface area contributed by atoms with E-state index in [1.165, 1.54) is 18.4 Å². The van der Waals surface area contributed by atoms with Crippen LogP contribution in [0.1, 0.15) is 0 Å². The summed E-state index contributed by atoms with van der Waals surface area (Å²) in [5.74, 6) is -0.288. The van der Waals surface area contributed by atoms with Crippen LogP contribution in [0, 0.1) is 0 Å². The summed E-state index contributed by atoms with van der Waals surface area (Å²) in [4.78, 5) is 17.5. The Hall–Kier alpha value is -1.88. The molecule has 0 aliphatic rings. The second-order valence-electron chi connectivity index (χ2n) is 3.31. The third-order valence-electron chi connectivity index (χ3n) is 2.23. The van der Waals surface area contributed by atoms with Gasteiger partial charge in [0.05, 0.1) is 7.11 Å². The molecule has 17 heavy (non-hydrogen) atoms. The summed E-state index contributed by atoms with van der Waals surface area (Å²) in [5, 5.41) is 2.66. The first-order valence-corrected chi connectivity index (χ1v) is 5.98. The fourth-order valence-electron chi connectivity index (χ4n) is 1.42. The van der Waals surface area contributed by atoms with Gasteiger partial charge in [-0.15, -0.1) is 11.3 Å². The van der Waals surface area contributed by atoms with E-state index >= 15 is 0 Å². The van der Waals surface area contributed by atoms with Crippen molar-refractivity contribution in [2.75, 3.05) is 18.6 Å². The molecule has 1 aromatic carbocycles. The normalized spacial score (nSPS) is 9.94. The van der Waals surface area contributed by atoms with Crippen molar-refractivity contribution in [3.05, 3.63) is 41.9 Å². The number of aromatic nitrogens is 1. The van der Waals surface area contributed by atoms with Crippen molar-refractivity contribution >= 4 is 28.1 Å². The van der Waals surface area contributed by atoms with Gasteiger partial charge in [-0.1, -0.05) is 18.2 Å². The van der Waals surface area contributed by atoms with Crippen LogP contribution in [0.3, 0.4) is 0 Å². The lowest BCUT2D eigenvalue weighted by Crippen LogP contribution is -2.25. The molecule has 1 aromatic heterocycles. The molecule has 0 bridgehead atoms. The van der Waals surface area contributed by atoms with E-state index in [-0.39, 0.29) is 12.5 Å². The molecule has 0 N–H and O–H groups in total. The first-order chi connectivity index (χ1) is 8.31. The molecule has 88 valence electrons. The van der Waals surface area contributed by atoms with Crippen LogP contribution < -0.4 is 4.90 Å². The second kappa shape index (κ2) is 5.45. The Balaban J connectivity index is 2.28. The Labute approximate surface area is 103 Å². The molecule has 0 aliphatic heterocycles. The maximum absolute atomic E-state index is 11.4. The molecule has 0 aliphatic carbocycles.